The predicted molar refractivity (Wildman–Crippen MR) is 79.7 cm³/mol. The van der Waals surface area contributed by atoms with Gasteiger partial charge in [0.15, 0.2) is 0 Å². The van der Waals surface area contributed by atoms with Crippen LogP contribution in [-0.2, 0) is 0 Å². The lowest BCUT2D eigenvalue weighted by Crippen LogP contribution is -2.45. The maximum Gasteiger partial charge on any atom is 0.269 e. The van der Waals surface area contributed by atoms with E-state index in [-0.39, 0.29) is 17.5 Å². The molecule has 0 unspecified atom stereocenters. The van der Waals surface area contributed by atoms with Crippen molar-refractivity contribution in [1.29, 1.82) is 0 Å². The monoisotopic (exact) mass is 295 g/mol. The number of halogens is 1. The number of piperazine rings is 1. The average molecular weight is 295 g/mol. The molecular weight excluding hydrogens is 273 g/mol. The summed E-state index contributed by atoms with van der Waals surface area (Å²) in [5.41, 5.74) is 0.398. The average Bonchev–Trinajstić information content (AvgIpc) is 2.46. The Hall–Kier alpha value is -1.53. The highest BCUT2D eigenvalue weighted by atomic mass is 19.1. The number of nitro groups is 1. The summed E-state index contributed by atoms with van der Waals surface area (Å²) in [5.74, 6) is 0.0355. The molecule has 1 saturated heterocycles. The highest BCUT2D eigenvalue weighted by molar-refractivity contribution is 5.37. The van der Waals surface area contributed by atoms with Crippen molar-refractivity contribution >= 4 is 5.69 Å². The van der Waals surface area contributed by atoms with Crippen molar-refractivity contribution in [3.8, 4) is 0 Å². The Morgan fingerprint density at radius 2 is 2.05 bits per heavy atom. The molecule has 1 atom stereocenters. The van der Waals surface area contributed by atoms with E-state index in [0.29, 0.717) is 11.5 Å². The maximum atomic E-state index is 14.2. The number of rotatable bonds is 5. The Bertz CT molecular complexity index is 502. The third-order valence-electron chi connectivity index (χ3n) is 3.84. The van der Waals surface area contributed by atoms with Crippen molar-refractivity contribution in [3.63, 3.8) is 0 Å². The van der Waals surface area contributed by atoms with Crippen LogP contribution in [0.1, 0.15) is 31.9 Å². The lowest BCUT2D eigenvalue weighted by Gasteiger charge is -2.36. The largest absolute Gasteiger partial charge is 0.314 e. The molecule has 0 spiro atoms. The highest BCUT2D eigenvalue weighted by Gasteiger charge is 2.27. The van der Waals surface area contributed by atoms with Gasteiger partial charge in [-0.05, 0) is 18.4 Å². The van der Waals surface area contributed by atoms with Crippen LogP contribution in [0.5, 0.6) is 0 Å². The molecule has 21 heavy (non-hydrogen) atoms. The first-order valence-electron chi connectivity index (χ1n) is 7.37. The molecule has 5 nitrogen and oxygen atoms in total. The van der Waals surface area contributed by atoms with Crippen molar-refractivity contribution < 1.29 is 9.31 Å². The number of non-ortho nitro benzene ring substituents is 1. The van der Waals surface area contributed by atoms with Crippen LogP contribution in [0.2, 0.25) is 0 Å². The fourth-order valence-electron chi connectivity index (χ4n) is 2.81. The third-order valence-corrected chi connectivity index (χ3v) is 3.84. The van der Waals surface area contributed by atoms with Crippen LogP contribution in [-0.4, -0.2) is 36.0 Å². The van der Waals surface area contributed by atoms with Crippen LogP contribution in [0.4, 0.5) is 10.1 Å². The van der Waals surface area contributed by atoms with Gasteiger partial charge in [-0.25, -0.2) is 4.39 Å². The quantitative estimate of drug-likeness (QED) is 0.670. The van der Waals surface area contributed by atoms with Crippen molar-refractivity contribution in [3.05, 3.63) is 39.7 Å². The van der Waals surface area contributed by atoms with E-state index in [0.717, 1.165) is 32.6 Å². The molecule has 0 bridgehead atoms. The second-order valence-corrected chi connectivity index (χ2v) is 5.89. The fraction of sp³-hybridized carbons (Fsp3) is 0.600. The van der Waals surface area contributed by atoms with Crippen LogP contribution < -0.4 is 5.32 Å². The van der Waals surface area contributed by atoms with E-state index in [1.165, 1.54) is 18.2 Å². The number of nitro benzene ring substituents is 1. The van der Waals surface area contributed by atoms with Crippen molar-refractivity contribution in [1.82, 2.24) is 10.2 Å². The lowest BCUT2D eigenvalue weighted by molar-refractivity contribution is -0.385. The number of nitrogens with zero attached hydrogens (tertiary/aromatic N) is 2. The van der Waals surface area contributed by atoms with Gasteiger partial charge in [-0.2, -0.15) is 0 Å². The normalized spacial score (nSPS) is 17.9. The zero-order chi connectivity index (χ0) is 15.4. The molecule has 1 heterocycles. The minimum atomic E-state index is -0.465. The molecule has 0 saturated carbocycles. The van der Waals surface area contributed by atoms with Gasteiger partial charge >= 0.3 is 0 Å². The molecule has 2 rings (SSSR count). The summed E-state index contributed by atoms with van der Waals surface area (Å²) in [6, 6.07) is 3.73. The topological polar surface area (TPSA) is 58.4 Å². The summed E-state index contributed by atoms with van der Waals surface area (Å²) in [7, 11) is 0. The minimum absolute atomic E-state index is 0.0460. The number of benzene rings is 1. The molecule has 116 valence electrons. The molecular formula is C15H22FN3O2. The maximum absolute atomic E-state index is 14.2. The zero-order valence-electron chi connectivity index (χ0n) is 12.5. The third kappa shape index (κ3) is 3.98. The van der Waals surface area contributed by atoms with Crippen LogP contribution in [0.15, 0.2) is 18.2 Å². The second kappa shape index (κ2) is 6.95. The van der Waals surface area contributed by atoms with Gasteiger partial charge in [0, 0.05) is 49.9 Å². The van der Waals surface area contributed by atoms with Crippen LogP contribution in [0, 0.1) is 21.8 Å². The van der Waals surface area contributed by atoms with E-state index >= 15 is 0 Å². The first kappa shape index (κ1) is 15.9. The summed E-state index contributed by atoms with van der Waals surface area (Å²) >= 11 is 0. The molecule has 1 aliphatic heterocycles. The second-order valence-electron chi connectivity index (χ2n) is 5.89. The highest BCUT2D eigenvalue weighted by Crippen LogP contribution is 2.32. The SMILES string of the molecule is CC(C)C[C@@H](c1cc([N+](=O)[O-])ccc1F)N1CCNCC1. The Morgan fingerprint density at radius 1 is 1.38 bits per heavy atom. The van der Waals surface area contributed by atoms with Gasteiger partial charge < -0.3 is 5.32 Å². The number of hydrogen-bond donors (Lipinski definition) is 1. The summed E-state index contributed by atoms with van der Waals surface area (Å²) in [6.45, 7) is 7.57. The van der Waals surface area contributed by atoms with Gasteiger partial charge in [0.05, 0.1) is 4.92 Å². The van der Waals surface area contributed by atoms with Crippen LogP contribution >= 0.6 is 0 Å². The number of hydrogen-bond acceptors (Lipinski definition) is 4. The van der Waals surface area contributed by atoms with E-state index < -0.39 is 4.92 Å². The van der Waals surface area contributed by atoms with Gasteiger partial charge in [0.25, 0.3) is 5.69 Å². The summed E-state index contributed by atoms with van der Waals surface area (Å²) in [6.07, 6.45) is 0.790. The van der Waals surface area contributed by atoms with E-state index in [2.05, 4.69) is 24.1 Å². The van der Waals surface area contributed by atoms with Crippen molar-refractivity contribution in [2.24, 2.45) is 5.92 Å². The van der Waals surface area contributed by atoms with Crippen LogP contribution in [0.3, 0.4) is 0 Å². The Morgan fingerprint density at radius 3 is 2.62 bits per heavy atom. The molecule has 0 aliphatic carbocycles. The van der Waals surface area contributed by atoms with E-state index in [9.17, 15) is 14.5 Å². The van der Waals surface area contributed by atoms with E-state index in [1.807, 2.05) is 0 Å². The minimum Gasteiger partial charge on any atom is -0.314 e. The van der Waals surface area contributed by atoms with Crippen molar-refractivity contribution in [2.75, 3.05) is 26.2 Å². The summed E-state index contributed by atoms with van der Waals surface area (Å²) in [5, 5.41) is 14.2. The van der Waals surface area contributed by atoms with Gasteiger partial charge in [0.1, 0.15) is 5.82 Å². The van der Waals surface area contributed by atoms with Gasteiger partial charge in [-0.15, -0.1) is 0 Å². The first-order chi connectivity index (χ1) is 9.99. The molecule has 1 aromatic rings. The van der Waals surface area contributed by atoms with Gasteiger partial charge in [0.2, 0.25) is 0 Å². The molecule has 0 amide bonds. The Kier molecular flexibility index (Phi) is 5.25. The van der Waals surface area contributed by atoms with E-state index in [4.69, 9.17) is 0 Å². The molecule has 1 aromatic carbocycles. The Labute approximate surface area is 124 Å². The smallest absolute Gasteiger partial charge is 0.269 e. The summed E-state index contributed by atoms with van der Waals surface area (Å²) in [4.78, 5) is 12.7. The van der Waals surface area contributed by atoms with Gasteiger partial charge in [-0.3, -0.25) is 15.0 Å². The van der Waals surface area contributed by atoms with Crippen molar-refractivity contribution in [2.45, 2.75) is 26.3 Å². The predicted octanol–water partition coefficient (Wildman–Crippen LogP) is 2.73. The van der Waals surface area contributed by atoms with Crippen LogP contribution in [0.25, 0.3) is 0 Å². The Balaban J connectivity index is 2.34. The molecule has 0 aromatic heterocycles. The molecule has 1 aliphatic rings. The molecule has 6 heteroatoms. The standard InChI is InChI=1S/C15H22FN3O2/c1-11(2)9-15(18-7-5-17-6-8-18)13-10-12(19(20)21)3-4-14(13)16/h3-4,10-11,15,17H,5-9H2,1-2H3/t15-/m0/s1. The van der Waals surface area contributed by atoms with E-state index in [1.54, 1.807) is 0 Å². The number of nitrogens with one attached hydrogen (secondary N) is 1. The lowest BCUT2D eigenvalue weighted by atomic mass is 9.94. The first-order valence-corrected chi connectivity index (χ1v) is 7.37. The zero-order valence-corrected chi connectivity index (χ0v) is 12.5. The summed E-state index contributed by atoms with van der Waals surface area (Å²) < 4.78 is 14.2. The molecule has 1 N–H and O–H groups in total. The molecule has 0 radical (unpaired) electrons. The molecule has 1 fully saturated rings. The fourth-order valence-corrected chi connectivity index (χ4v) is 2.81. The van der Waals surface area contributed by atoms with Gasteiger partial charge in [-0.1, -0.05) is 13.8 Å².